The summed E-state index contributed by atoms with van der Waals surface area (Å²) in [6, 6.07) is 0. The van der Waals surface area contributed by atoms with Gasteiger partial charge in [-0.2, -0.15) is 0 Å². The molecule has 56 valence electrons. The molecule has 0 unspecified atom stereocenters. The van der Waals surface area contributed by atoms with E-state index in [0.29, 0.717) is 0 Å². The van der Waals surface area contributed by atoms with E-state index >= 15 is 0 Å². The molecule has 11 heteroatoms. The third-order valence-electron chi connectivity index (χ3n) is 0. The van der Waals surface area contributed by atoms with Crippen molar-refractivity contribution in [2.45, 2.75) is 0 Å². The molecule has 0 aromatic carbocycles. The van der Waals surface area contributed by atoms with Gasteiger partial charge in [-0.3, -0.25) is 0 Å². The Labute approximate surface area is 136 Å². The summed E-state index contributed by atoms with van der Waals surface area (Å²) in [5, 5.41) is 0. The van der Waals surface area contributed by atoms with Crippen molar-refractivity contribution in [2.24, 2.45) is 0 Å². The van der Waals surface area contributed by atoms with Crippen LogP contribution in [0.2, 0.25) is 0 Å². The fraction of sp³-hybridized carbons (Fsp3) is 0. The zero-order valence-electron chi connectivity index (χ0n) is 5.17. The Morgan fingerprint density at radius 2 is 0.273 bits per heavy atom. The molecule has 0 aromatic rings. The third-order valence-corrected chi connectivity index (χ3v) is 0. The Bertz CT molecular complexity index is 14.4. The fourth-order valence-electron chi connectivity index (χ4n) is 0. The Balaban J connectivity index is 0. The van der Waals surface area contributed by atoms with Gasteiger partial charge in [0.1, 0.15) is 0 Å². The molecular formula is Cd2Nb2O7. The molecular weight excluding hydrogens is 523 g/mol. The second-order valence-electron chi connectivity index (χ2n) is 0. The van der Waals surface area contributed by atoms with E-state index < -0.39 is 0 Å². The van der Waals surface area contributed by atoms with Crippen LogP contribution < -0.4 is 0 Å². The normalized spacial score (nSPS) is 0. The molecule has 0 atom stereocenters. The summed E-state index contributed by atoms with van der Waals surface area (Å²) < 4.78 is 0. The smallest absolute Gasteiger partial charge is 2.00 e. The van der Waals surface area contributed by atoms with Crippen LogP contribution in [0.15, 0.2) is 0 Å². The number of hydrogen-bond donors (Lipinski definition) is 0. The van der Waals surface area contributed by atoms with E-state index in [9.17, 15) is 0 Å². The van der Waals surface area contributed by atoms with Crippen LogP contribution in [-0.2, 0) is 138 Å². The maximum atomic E-state index is 0. The molecule has 0 N–H and O–H groups in total. The van der Waals surface area contributed by atoms with E-state index in [1.54, 1.807) is 0 Å². The van der Waals surface area contributed by atoms with Crippen LogP contribution in [0.25, 0.3) is 0 Å². The summed E-state index contributed by atoms with van der Waals surface area (Å²) in [4.78, 5) is 0. The monoisotopic (exact) mass is 526 g/mol. The van der Waals surface area contributed by atoms with Gasteiger partial charge in [0.05, 0.1) is 0 Å². The van der Waals surface area contributed by atoms with Gasteiger partial charge in [0.15, 0.2) is 0 Å². The largest absolute Gasteiger partial charge is 5.00 e. The Morgan fingerprint density at radius 3 is 0.273 bits per heavy atom. The van der Waals surface area contributed by atoms with E-state index in [2.05, 4.69) is 0 Å². The maximum absolute atomic E-state index is 0. The molecule has 0 saturated carbocycles. The molecule has 0 aliphatic rings. The van der Waals surface area contributed by atoms with E-state index in [4.69, 9.17) is 0 Å². The minimum Gasteiger partial charge on any atom is -2.00 e. The molecule has 7 nitrogen and oxygen atoms in total. The van der Waals surface area contributed by atoms with Crippen molar-refractivity contribution in [3.8, 4) is 0 Å². The SMILES string of the molecule is [Cd+2].[Cd+2].[Nb+5].[Nb+5].[O-2].[O-2].[O-2].[O-2].[O-2].[O-2].[O-2]. The molecule has 0 aromatic heterocycles. The zero-order valence-corrected chi connectivity index (χ0v) is 17.6. The first-order chi connectivity index (χ1) is 0. The summed E-state index contributed by atoms with van der Waals surface area (Å²) >= 11 is 0. The number of hydrogen-bond acceptors (Lipinski definition) is 0. The first-order valence-electron chi connectivity index (χ1n) is 0. The minimum atomic E-state index is 0. The number of rotatable bonds is 0. The van der Waals surface area contributed by atoms with Crippen molar-refractivity contribution in [3.05, 3.63) is 0 Å². The molecule has 0 aliphatic carbocycles. The third kappa shape index (κ3) is 172. The van der Waals surface area contributed by atoms with Gasteiger partial charge in [-0.25, -0.2) is 0 Å². The summed E-state index contributed by atoms with van der Waals surface area (Å²) in [6.07, 6.45) is 0. The van der Waals surface area contributed by atoms with Crippen molar-refractivity contribution in [1.82, 2.24) is 0 Å². The second-order valence-corrected chi connectivity index (χ2v) is 0. The molecule has 0 amide bonds. The first-order valence-corrected chi connectivity index (χ1v) is 0. The van der Waals surface area contributed by atoms with Gasteiger partial charge in [0.2, 0.25) is 0 Å². The second kappa shape index (κ2) is 204. The summed E-state index contributed by atoms with van der Waals surface area (Å²) in [5.41, 5.74) is 0. The zero-order chi connectivity index (χ0) is 0. The van der Waals surface area contributed by atoms with E-state index in [-0.39, 0.29) is 138 Å². The average Bonchev–Trinajstić information content (AvgIpc) is 0. The van der Waals surface area contributed by atoms with Gasteiger partial charge in [-0.15, -0.1) is 0 Å². The molecule has 0 rings (SSSR count). The average molecular weight is 523 g/mol. The Morgan fingerprint density at radius 1 is 0.273 bits per heavy atom. The maximum Gasteiger partial charge on any atom is 5.00 e. The van der Waals surface area contributed by atoms with E-state index in [1.807, 2.05) is 0 Å². The predicted octanol–water partition coefficient (Wildman–Crippen LogP) is -0.842. The van der Waals surface area contributed by atoms with Crippen LogP contribution in [0.3, 0.4) is 0 Å². The van der Waals surface area contributed by atoms with Crippen molar-refractivity contribution in [3.63, 3.8) is 0 Å². The van der Waals surface area contributed by atoms with Crippen molar-refractivity contribution >= 4 is 0 Å². The molecule has 0 heterocycles. The molecule has 0 bridgehead atoms. The van der Waals surface area contributed by atoms with Crippen molar-refractivity contribution in [2.75, 3.05) is 0 Å². The van der Waals surface area contributed by atoms with Gasteiger partial charge in [-0.1, -0.05) is 0 Å². The van der Waals surface area contributed by atoms with E-state index in [1.165, 1.54) is 0 Å². The Kier molecular flexibility index (Phi) is 4780. The molecule has 11 heavy (non-hydrogen) atoms. The van der Waals surface area contributed by atoms with Gasteiger partial charge in [0, 0.05) is 0 Å². The fourth-order valence-corrected chi connectivity index (χ4v) is 0. The molecule has 0 saturated heterocycles. The van der Waals surface area contributed by atoms with Crippen LogP contribution in [0.5, 0.6) is 0 Å². The summed E-state index contributed by atoms with van der Waals surface area (Å²) in [5.74, 6) is 0. The molecule has 0 aliphatic heterocycles. The summed E-state index contributed by atoms with van der Waals surface area (Å²) in [7, 11) is 0. The molecule has 0 fully saturated rings. The predicted molar refractivity (Wildman–Crippen MR) is 4.81 cm³/mol. The van der Waals surface area contributed by atoms with E-state index in [0.717, 1.165) is 0 Å². The standard InChI is InChI=1S/2Cd.2Nb.7O/q2*+2;2*+5;7*-2. The van der Waals surface area contributed by atoms with Gasteiger partial charge in [0.25, 0.3) is 0 Å². The quantitative estimate of drug-likeness (QED) is 0.357. The van der Waals surface area contributed by atoms with Crippen molar-refractivity contribution in [1.29, 1.82) is 0 Å². The molecule has 0 radical (unpaired) electrons. The Hall–Kier alpha value is 3.04. The van der Waals surface area contributed by atoms with Crippen LogP contribution in [0.1, 0.15) is 0 Å². The van der Waals surface area contributed by atoms with Crippen LogP contribution >= 0.6 is 0 Å². The molecule has 0 spiro atoms. The minimum absolute atomic E-state index is 0. The summed E-state index contributed by atoms with van der Waals surface area (Å²) in [6.45, 7) is 0. The van der Waals surface area contributed by atoms with Crippen LogP contribution in [-0.4, -0.2) is 0 Å². The van der Waals surface area contributed by atoms with Gasteiger partial charge in [-0.05, 0) is 0 Å². The van der Waals surface area contributed by atoms with Gasteiger partial charge >= 0.3 is 99.4 Å². The topological polar surface area (TPSA) is 200 Å². The van der Waals surface area contributed by atoms with Gasteiger partial charge < -0.3 is 38.3 Å². The van der Waals surface area contributed by atoms with Crippen LogP contribution in [0, 0.1) is 0 Å². The first kappa shape index (κ1) is 258. The van der Waals surface area contributed by atoms with Crippen LogP contribution in [0.4, 0.5) is 0 Å². The van der Waals surface area contributed by atoms with Crippen molar-refractivity contribution < 1.29 is 138 Å².